The summed E-state index contributed by atoms with van der Waals surface area (Å²) in [4.78, 5) is 33.5. The SMILES string of the molecule is Cc1ccc(NC(=O)c2cc(-c3ccccc3)nc3c(C(N)=O)ncn23)c(C)c1. The molecule has 7 heteroatoms. The van der Waals surface area contributed by atoms with E-state index in [1.807, 2.05) is 62.4 Å². The minimum Gasteiger partial charge on any atom is -0.364 e. The number of aryl methyl sites for hydroxylation is 2. The van der Waals surface area contributed by atoms with Crippen molar-refractivity contribution in [1.29, 1.82) is 0 Å². The van der Waals surface area contributed by atoms with E-state index in [0.29, 0.717) is 17.1 Å². The Morgan fingerprint density at radius 3 is 2.48 bits per heavy atom. The Morgan fingerprint density at radius 2 is 1.79 bits per heavy atom. The second kappa shape index (κ2) is 7.20. The molecule has 144 valence electrons. The van der Waals surface area contributed by atoms with Crippen LogP contribution in [0.1, 0.15) is 32.1 Å². The summed E-state index contributed by atoms with van der Waals surface area (Å²) in [5.41, 5.74) is 10.1. The van der Waals surface area contributed by atoms with Crippen molar-refractivity contribution in [3.63, 3.8) is 0 Å². The summed E-state index contributed by atoms with van der Waals surface area (Å²) < 4.78 is 1.48. The number of carbonyl (C=O) groups excluding carboxylic acids is 2. The number of nitrogens with one attached hydrogen (secondary N) is 1. The molecular formula is C22H19N5O2. The third-order valence-corrected chi connectivity index (χ3v) is 4.67. The second-order valence-corrected chi connectivity index (χ2v) is 6.82. The van der Waals surface area contributed by atoms with Gasteiger partial charge in [0, 0.05) is 11.3 Å². The van der Waals surface area contributed by atoms with E-state index in [1.54, 1.807) is 6.07 Å². The number of imidazole rings is 1. The summed E-state index contributed by atoms with van der Waals surface area (Å²) in [6.45, 7) is 3.93. The first-order chi connectivity index (χ1) is 13.9. The summed E-state index contributed by atoms with van der Waals surface area (Å²) in [6, 6.07) is 16.9. The van der Waals surface area contributed by atoms with Gasteiger partial charge in [0.1, 0.15) is 12.0 Å². The molecule has 4 rings (SSSR count). The van der Waals surface area contributed by atoms with Crippen LogP contribution < -0.4 is 11.1 Å². The Kier molecular flexibility index (Phi) is 4.56. The number of anilines is 1. The van der Waals surface area contributed by atoms with Crippen LogP contribution in [0.3, 0.4) is 0 Å². The summed E-state index contributed by atoms with van der Waals surface area (Å²) in [5.74, 6) is -1.04. The van der Waals surface area contributed by atoms with Crippen LogP contribution in [0.25, 0.3) is 16.9 Å². The molecule has 0 fully saturated rings. The summed E-state index contributed by atoms with van der Waals surface area (Å²) >= 11 is 0. The molecule has 0 saturated heterocycles. The predicted octanol–water partition coefficient (Wildman–Crippen LogP) is 3.36. The lowest BCUT2D eigenvalue weighted by atomic mass is 10.1. The van der Waals surface area contributed by atoms with E-state index in [9.17, 15) is 9.59 Å². The molecule has 0 spiro atoms. The van der Waals surface area contributed by atoms with E-state index in [0.717, 1.165) is 16.7 Å². The lowest BCUT2D eigenvalue weighted by Crippen LogP contribution is -2.18. The second-order valence-electron chi connectivity index (χ2n) is 6.82. The van der Waals surface area contributed by atoms with Crippen molar-refractivity contribution < 1.29 is 9.59 Å². The maximum absolute atomic E-state index is 13.1. The molecule has 0 saturated carbocycles. The zero-order chi connectivity index (χ0) is 20.5. The Bertz CT molecular complexity index is 1250. The molecule has 0 aliphatic rings. The van der Waals surface area contributed by atoms with E-state index in [-0.39, 0.29) is 17.2 Å². The minimum absolute atomic E-state index is 0.0170. The molecule has 2 heterocycles. The topological polar surface area (TPSA) is 102 Å². The number of benzene rings is 2. The van der Waals surface area contributed by atoms with Gasteiger partial charge in [0.2, 0.25) is 0 Å². The summed E-state index contributed by atoms with van der Waals surface area (Å²) in [7, 11) is 0. The van der Waals surface area contributed by atoms with E-state index in [2.05, 4.69) is 15.3 Å². The van der Waals surface area contributed by atoms with Crippen molar-refractivity contribution >= 4 is 23.1 Å². The number of rotatable bonds is 4. The molecule has 0 aliphatic carbocycles. The Labute approximate surface area is 167 Å². The average molecular weight is 385 g/mol. The van der Waals surface area contributed by atoms with E-state index < -0.39 is 5.91 Å². The molecule has 29 heavy (non-hydrogen) atoms. The largest absolute Gasteiger partial charge is 0.364 e. The van der Waals surface area contributed by atoms with Crippen molar-refractivity contribution in [2.75, 3.05) is 5.32 Å². The van der Waals surface area contributed by atoms with E-state index >= 15 is 0 Å². The third-order valence-electron chi connectivity index (χ3n) is 4.67. The van der Waals surface area contributed by atoms with Crippen LogP contribution in [0, 0.1) is 13.8 Å². The molecule has 3 N–H and O–H groups in total. The summed E-state index contributed by atoms with van der Waals surface area (Å²) in [5, 5.41) is 2.93. The highest BCUT2D eigenvalue weighted by atomic mass is 16.2. The number of carbonyl (C=O) groups is 2. The highest BCUT2D eigenvalue weighted by Crippen LogP contribution is 2.23. The Morgan fingerprint density at radius 1 is 1.03 bits per heavy atom. The van der Waals surface area contributed by atoms with Crippen molar-refractivity contribution in [2.24, 2.45) is 5.73 Å². The van der Waals surface area contributed by atoms with Crippen LogP contribution in [-0.4, -0.2) is 26.2 Å². The number of amides is 2. The number of aromatic nitrogens is 3. The summed E-state index contributed by atoms with van der Waals surface area (Å²) in [6.07, 6.45) is 1.38. The molecule has 0 aliphatic heterocycles. The third kappa shape index (κ3) is 3.45. The fraction of sp³-hybridized carbons (Fsp3) is 0.0909. The fourth-order valence-corrected chi connectivity index (χ4v) is 3.22. The zero-order valence-electron chi connectivity index (χ0n) is 16.0. The van der Waals surface area contributed by atoms with Gasteiger partial charge >= 0.3 is 0 Å². The standard InChI is InChI=1S/C22H19N5O2/c1-13-8-9-16(14(2)10-13)26-22(29)18-11-17(15-6-4-3-5-7-15)25-21-19(20(23)28)24-12-27(18)21/h3-12H,1-2H3,(H2,23,28)(H,26,29). The highest BCUT2D eigenvalue weighted by molar-refractivity contribution is 6.05. The molecule has 0 unspecified atom stereocenters. The van der Waals surface area contributed by atoms with Crippen LogP contribution in [0.15, 0.2) is 60.9 Å². The number of nitrogens with zero attached hydrogens (tertiary/aromatic N) is 3. The van der Waals surface area contributed by atoms with Crippen LogP contribution in [-0.2, 0) is 0 Å². The average Bonchev–Trinajstić information content (AvgIpc) is 3.14. The number of primary amides is 1. The van der Waals surface area contributed by atoms with Gasteiger partial charge in [0.05, 0.1) is 5.69 Å². The van der Waals surface area contributed by atoms with Gasteiger partial charge in [-0.2, -0.15) is 0 Å². The minimum atomic E-state index is -0.703. The van der Waals surface area contributed by atoms with Gasteiger partial charge in [-0.15, -0.1) is 0 Å². The molecule has 7 nitrogen and oxygen atoms in total. The van der Waals surface area contributed by atoms with Crippen LogP contribution in [0.4, 0.5) is 5.69 Å². The number of nitrogens with two attached hydrogens (primary N) is 1. The zero-order valence-corrected chi connectivity index (χ0v) is 16.0. The van der Waals surface area contributed by atoms with Gasteiger partial charge in [-0.1, -0.05) is 48.0 Å². The van der Waals surface area contributed by atoms with Gasteiger partial charge in [-0.05, 0) is 31.5 Å². The lowest BCUT2D eigenvalue weighted by Gasteiger charge is -2.12. The van der Waals surface area contributed by atoms with Crippen molar-refractivity contribution in [3.05, 3.63) is 83.4 Å². The van der Waals surface area contributed by atoms with Gasteiger partial charge in [0.25, 0.3) is 11.8 Å². The van der Waals surface area contributed by atoms with Gasteiger partial charge < -0.3 is 11.1 Å². The molecule has 4 aromatic rings. The molecule has 2 aromatic heterocycles. The monoisotopic (exact) mass is 385 g/mol. The smallest absolute Gasteiger partial charge is 0.272 e. The Balaban J connectivity index is 1.86. The normalized spacial score (nSPS) is 10.8. The van der Waals surface area contributed by atoms with Crippen molar-refractivity contribution in [3.8, 4) is 11.3 Å². The molecular weight excluding hydrogens is 366 g/mol. The first kappa shape index (κ1) is 18.4. The molecule has 0 radical (unpaired) electrons. The first-order valence-corrected chi connectivity index (χ1v) is 9.06. The van der Waals surface area contributed by atoms with E-state index in [1.165, 1.54) is 10.7 Å². The molecule has 0 atom stereocenters. The Hall–Kier alpha value is -4.00. The van der Waals surface area contributed by atoms with Crippen LogP contribution in [0.5, 0.6) is 0 Å². The maximum atomic E-state index is 13.1. The number of fused-ring (bicyclic) bond motifs is 1. The van der Waals surface area contributed by atoms with Crippen LogP contribution >= 0.6 is 0 Å². The molecule has 2 aromatic carbocycles. The molecule has 0 bridgehead atoms. The van der Waals surface area contributed by atoms with Crippen molar-refractivity contribution in [1.82, 2.24) is 14.4 Å². The van der Waals surface area contributed by atoms with E-state index in [4.69, 9.17) is 5.73 Å². The fourth-order valence-electron chi connectivity index (χ4n) is 3.22. The first-order valence-electron chi connectivity index (χ1n) is 9.06. The van der Waals surface area contributed by atoms with Gasteiger partial charge in [-0.3, -0.25) is 14.0 Å². The van der Waals surface area contributed by atoms with Crippen LogP contribution in [0.2, 0.25) is 0 Å². The molecule has 2 amide bonds. The maximum Gasteiger partial charge on any atom is 0.272 e. The lowest BCUT2D eigenvalue weighted by molar-refractivity contribution is 0.0993. The van der Waals surface area contributed by atoms with Gasteiger partial charge in [0.15, 0.2) is 11.3 Å². The van der Waals surface area contributed by atoms with Gasteiger partial charge in [-0.25, -0.2) is 9.97 Å². The highest BCUT2D eigenvalue weighted by Gasteiger charge is 2.20. The quantitative estimate of drug-likeness (QED) is 0.562. The van der Waals surface area contributed by atoms with Crippen molar-refractivity contribution in [2.45, 2.75) is 13.8 Å². The number of hydrogen-bond donors (Lipinski definition) is 2. The number of hydrogen-bond acceptors (Lipinski definition) is 4. The predicted molar refractivity (Wildman–Crippen MR) is 111 cm³/mol.